The molecule has 0 bridgehead atoms. The monoisotopic (exact) mass is 244 g/mol. The molecule has 0 N–H and O–H groups in total. The van der Waals surface area contributed by atoms with E-state index in [1.807, 2.05) is 0 Å². The van der Waals surface area contributed by atoms with Gasteiger partial charge in [0.05, 0.1) is 5.25 Å². The molecule has 0 spiro atoms. The first-order chi connectivity index (χ1) is 7.50. The molecule has 0 radical (unpaired) electrons. The van der Waals surface area contributed by atoms with E-state index in [1.54, 1.807) is 38.1 Å². The Morgan fingerprint density at radius 3 is 2.44 bits per heavy atom. The molecule has 16 heavy (non-hydrogen) atoms. The fraction of sp³-hybridized carbons (Fsp3) is 0.455. The second kappa shape index (κ2) is 5.32. The molecule has 0 saturated carbocycles. The van der Waals surface area contributed by atoms with Crippen LogP contribution in [0.3, 0.4) is 0 Å². The van der Waals surface area contributed by atoms with Gasteiger partial charge in [-0.25, -0.2) is 8.42 Å². The number of sulfone groups is 1. The standard InChI is InChI=1S/C11H16O4S/c1-9(2)16(12,13)11-7-5-4-6-10(11)15-8-14-3/h4-7,9H,8H2,1-3H3. The van der Waals surface area contributed by atoms with Crippen LogP contribution in [0.15, 0.2) is 29.2 Å². The number of benzene rings is 1. The molecule has 1 aromatic rings. The van der Waals surface area contributed by atoms with E-state index in [-0.39, 0.29) is 11.7 Å². The highest BCUT2D eigenvalue weighted by molar-refractivity contribution is 7.92. The second-order valence-corrected chi connectivity index (χ2v) is 6.06. The summed E-state index contributed by atoms with van der Waals surface area (Å²) in [6, 6.07) is 6.56. The Morgan fingerprint density at radius 2 is 1.88 bits per heavy atom. The zero-order chi connectivity index (χ0) is 12.2. The Bertz CT molecular complexity index is 437. The SMILES string of the molecule is COCOc1ccccc1S(=O)(=O)C(C)C. The average molecular weight is 244 g/mol. The molecule has 0 aromatic heterocycles. The van der Waals surface area contributed by atoms with Gasteiger partial charge in [-0.05, 0) is 26.0 Å². The van der Waals surface area contributed by atoms with Crippen LogP contribution >= 0.6 is 0 Å². The van der Waals surface area contributed by atoms with Gasteiger partial charge in [-0.15, -0.1) is 0 Å². The lowest BCUT2D eigenvalue weighted by molar-refractivity contribution is 0.0490. The third-order valence-corrected chi connectivity index (χ3v) is 4.30. The minimum Gasteiger partial charge on any atom is -0.466 e. The molecule has 5 heteroatoms. The van der Waals surface area contributed by atoms with E-state index in [0.29, 0.717) is 5.75 Å². The summed E-state index contributed by atoms with van der Waals surface area (Å²) in [5, 5.41) is -0.472. The fourth-order valence-corrected chi connectivity index (χ4v) is 2.36. The van der Waals surface area contributed by atoms with Gasteiger partial charge in [0.15, 0.2) is 16.6 Å². The highest BCUT2D eigenvalue weighted by atomic mass is 32.2. The van der Waals surface area contributed by atoms with Crippen molar-refractivity contribution in [1.29, 1.82) is 0 Å². The van der Waals surface area contributed by atoms with Crippen LogP contribution in [0.1, 0.15) is 13.8 Å². The van der Waals surface area contributed by atoms with E-state index in [1.165, 1.54) is 7.11 Å². The maximum atomic E-state index is 12.0. The van der Waals surface area contributed by atoms with Gasteiger partial charge >= 0.3 is 0 Å². The summed E-state index contributed by atoms with van der Waals surface area (Å²) in [6.07, 6.45) is 0. The number of rotatable bonds is 5. The first-order valence-corrected chi connectivity index (χ1v) is 6.49. The number of hydrogen-bond acceptors (Lipinski definition) is 4. The van der Waals surface area contributed by atoms with Crippen LogP contribution in [0, 0.1) is 0 Å². The van der Waals surface area contributed by atoms with Crippen LogP contribution in [-0.2, 0) is 14.6 Å². The predicted molar refractivity (Wildman–Crippen MR) is 61.3 cm³/mol. The van der Waals surface area contributed by atoms with Crippen LogP contribution in [-0.4, -0.2) is 27.6 Å². The van der Waals surface area contributed by atoms with Crippen LogP contribution < -0.4 is 4.74 Å². The van der Waals surface area contributed by atoms with Crippen LogP contribution in [0.2, 0.25) is 0 Å². The molecule has 0 amide bonds. The molecule has 1 aromatic carbocycles. The van der Waals surface area contributed by atoms with E-state index >= 15 is 0 Å². The van der Waals surface area contributed by atoms with Crippen molar-refractivity contribution in [2.24, 2.45) is 0 Å². The minimum atomic E-state index is -3.32. The Labute approximate surface area is 96.1 Å². The molecule has 0 aliphatic heterocycles. The molecular formula is C11H16O4S. The number of ether oxygens (including phenoxy) is 2. The van der Waals surface area contributed by atoms with Crippen molar-refractivity contribution in [2.75, 3.05) is 13.9 Å². The molecule has 0 saturated heterocycles. The molecule has 90 valence electrons. The van der Waals surface area contributed by atoms with Gasteiger partial charge in [0, 0.05) is 7.11 Å². The molecule has 4 nitrogen and oxygen atoms in total. The van der Waals surface area contributed by atoms with Crippen molar-refractivity contribution in [1.82, 2.24) is 0 Å². The van der Waals surface area contributed by atoms with Crippen LogP contribution in [0.25, 0.3) is 0 Å². The van der Waals surface area contributed by atoms with Gasteiger partial charge in [0.25, 0.3) is 0 Å². The Kier molecular flexibility index (Phi) is 4.32. The summed E-state index contributed by atoms with van der Waals surface area (Å²) < 4.78 is 34.0. The second-order valence-electron chi connectivity index (χ2n) is 3.59. The highest BCUT2D eigenvalue weighted by Gasteiger charge is 2.23. The normalized spacial score (nSPS) is 11.8. The smallest absolute Gasteiger partial charge is 0.188 e. The summed E-state index contributed by atoms with van der Waals surface area (Å²) in [6.45, 7) is 3.31. The summed E-state index contributed by atoms with van der Waals surface area (Å²) in [5.41, 5.74) is 0. The van der Waals surface area contributed by atoms with E-state index in [4.69, 9.17) is 9.47 Å². The molecular weight excluding hydrogens is 228 g/mol. The first-order valence-electron chi connectivity index (χ1n) is 4.94. The Hall–Kier alpha value is -1.07. The van der Waals surface area contributed by atoms with E-state index in [0.717, 1.165) is 0 Å². The molecule has 1 rings (SSSR count). The Morgan fingerprint density at radius 1 is 1.25 bits per heavy atom. The lowest BCUT2D eigenvalue weighted by atomic mass is 10.3. The lowest BCUT2D eigenvalue weighted by Crippen LogP contribution is -2.15. The Balaban J connectivity index is 3.13. The zero-order valence-electron chi connectivity index (χ0n) is 9.64. The molecule has 0 unspecified atom stereocenters. The maximum absolute atomic E-state index is 12.0. The molecule has 0 heterocycles. The van der Waals surface area contributed by atoms with Gasteiger partial charge in [0.1, 0.15) is 10.6 Å². The number of para-hydroxylation sites is 1. The molecule has 0 fully saturated rings. The van der Waals surface area contributed by atoms with Crippen molar-refractivity contribution >= 4 is 9.84 Å². The molecule has 0 aliphatic rings. The summed E-state index contributed by atoms with van der Waals surface area (Å²) >= 11 is 0. The number of methoxy groups -OCH3 is 1. The fourth-order valence-electron chi connectivity index (χ4n) is 1.18. The topological polar surface area (TPSA) is 52.6 Å². The highest BCUT2D eigenvalue weighted by Crippen LogP contribution is 2.26. The third kappa shape index (κ3) is 2.74. The van der Waals surface area contributed by atoms with Gasteiger partial charge in [-0.3, -0.25) is 0 Å². The van der Waals surface area contributed by atoms with Crippen molar-refractivity contribution in [2.45, 2.75) is 24.0 Å². The third-order valence-electron chi connectivity index (χ3n) is 2.11. The van der Waals surface area contributed by atoms with Crippen molar-refractivity contribution in [3.8, 4) is 5.75 Å². The first kappa shape index (κ1) is 13.0. The molecule has 0 aliphatic carbocycles. The quantitative estimate of drug-likeness (QED) is 0.742. The predicted octanol–water partition coefficient (Wildman–Crippen LogP) is 1.85. The van der Waals surface area contributed by atoms with Gasteiger partial charge in [-0.2, -0.15) is 0 Å². The summed E-state index contributed by atoms with van der Waals surface area (Å²) in [5.74, 6) is 0.332. The summed E-state index contributed by atoms with van der Waals surface area (Å²) in [7, 11) is -1.83. The van der Waals surface area contributed by atoms with Crippen molar-refractivity contribution in [3.63, 3.8) is 0 Å². The van der Waals surface area contributed by atoms with Crippen molar-refractivity contribution in [3.05, 3.63) is 24.3 Å². The van der Waals surface area contributed by atoms with E-state index in [9.17, 15) is 8.42 Å². The van der Waals surface area contributed by atoms with Crippen LogP contribution in [0.5, 0.6) is 5.75 Å². The van der Waals surface area contributed by atoms with E-state index < -0.39 is 15.1 Å². The number of hydrogen-bond donors (Lipinski definition) is 0. The van der Waals surface area contributed by atoms with Gasteiger partial charge < -0.3 is 9.47 Å². The van der Waals surface area contributed by atoms with Crippen LogP contribution in [0.4, 0.5) is 0 Å². The van der Waals surface area contributed by atoms with Gasteiger partial charge in [0.2, 0.25) is 0 Å². The van der Waals surface area contributed by atoms with Crippen molar-refractivity contribution < 1.29 is 17.9 Å². The largest absolute Gasteiger partial charge is 0.466 e. The summed E-state index contributed by atoms with van der Waals surface area (Å²) in [4.78, 5) is 0.210. The zero-order valence-corrected chi connectivity index (χ0v) is 10.5. The van der Waals surface area contributed by atoms with E-state index in [2.05, 4.69) is 0 Å². The van der Waals surface area contributed by atoms with Gasteiger partial charge in [-0.1, -0.05) is 12.1 Å². The molecule has 0 atom stereocenters. The lowest BCUT2D eigenvalue weighted by Gasteiger charge is -2.13. The minimum absolute atomic E-state index is 0.0324. The maximum Gasteiger partial charge on any atom is 0.188 e. The average Bonchev–Trinajstić information content (AvgIpc) is 2.26.